The zero-order valence-electron chi connectivity index (χ0n) is 53.9. The van der Waals surface area contributed by atoms with Gasteiger partial charge in [-0.15, -0.1) is 0 Å². The third kappa shape index (κ3) is 68.0. The van der Waals surface area contributed by atoms with Gasteiger partial charge in [0.05, 0.1) is 0 Å². The minimum Gasteiger partial charge on any atom is -0.462 e. The highest BCUT2D eigenvalue weighted by Crippen LogP contribution is 2.15. The van der Waals surface area contributed by atoms with Crippen LogP contribution < -0.4 is 0 Å². The third-order valence-electron chi connectivity index (χ3n) is 14.3. The van der Waals surface area contributed by atoms with Crippen LogP contribution in [0.1, 0.15) is 303 Å². The predicted molar refractivity (Wildman–Crippen MR) is 362 cm³/mol. The zero-order chi connectivity index (χ0) is 59.9. The Kier molecular flexibility index (Phi) is 65.8. The molecule has 0 heterocycles. The van der Waals surface area contributed by atoms with E-state index in [1.807, 2.05) is 0 Å². The van der Waals surface area contributed by atoms with Crippen molar-refractivity contribution in [1.29, 1.82) is 0 Å². The van der Waals surface area contributed by atoms with Gasteiger partial charge < -0.3 is 14.2 Å². The van der Waals surface area contributed by atoms with E-state index >= 15 is 0 Å². The van der Waals surface area contributed by atoms with E-state index in [0.717, 1.165) is 135 Å². The van der Waals surface area contributed by atoms with Crippen molar-refractivity contribution in [2.24, 2.45) is 0 Å². The minimum absolute atomic E-state index is 0.0927. The zero-order valence-corrected chi connectivity index (χ0v) is 53.9. The van der Waals surface area contributed by atoms with Gasteiger partial charge in [-0.1, -0.05) is 301 Å². The number of esters is 3. The third-order valence-corrected chi connectivity index (χ3v) is 14.3. The Hall–Kier alpha value is -4.71. The van der Waals surface area contributed by atoms with Crippen LogP contribution in [0.25, 0.3) is 0 Å². The minimum atomic E-state index is -0.799. The second-order valence-electron chi connectivity index (χ2n) is 22.4. The molecule has 83 heavy (non-hydrogen) atoms. The topological polar surface area (TPSA) is 78.9 Å². The fraction of sp³-hybridized carbons (Fsp3) is 0.649. The first kappa shape index (κ1) is 78.3. The summed E-state index contributed by atoms with van der Waals surface area (Å²) in [5, 5.41) is 0. The van der Waals surface area contributed by atoms with Crippen LogP contribution in [0.4, 0.5) is 0 Å². The maximum atomic E-state index is 12.9. The van der Waals surface area contributed by atoms with Crippen LogP contribution in [0.2, 0.25) is 0 Å². The molecular formula is C77H126O6. The maximum Gasteiger partial charge on any atom is 0.306 e. The van der Waals surface area contributed by atoms with Gasteiger partial charge in [-0.05, 0) is 128 Å². The van der Waals surface area contributed by atoms with Gasteiger partial charge in [-0.3, -0.25) is 14.4 Å². The second kappa shape index (κ2) is 69.8. The fourth-order valence-corrected chi connectivity index (χ4v) is 9.21. The Labute approximate surface area is 512 Å². The summed E-state index contributed by atoms with van der Waals surface area (Å²) >= 11 is 0. The van der Waals surface area contributed by atoms with Gasteiger partial charge in [0.15, 0.2) is 6.10 Å². The van der Waals surface area contributed by atoms with E-state index in [1.54, 1.807) is 0 Å². The summed E-state index contributed by atoms with van der Waals surface area (Å²) in [6.07, 6.45) is 100. The summed E-state index contributed by atoms with van der Waals surface area (Å²) in [5.41, 5.74) is 0. The number of allylic oxidation sites excluding steroid dienone is 24. The van der Waals surface area contributed by atoms with Crippen LogP contribution in [0.5, 0.6) is 0 Å². The van der Waals surface area contributed by atoms with Gasteiger partial charge in [-0.25, -0.2) is 0 Å². The standard InChI is InChI=1S/C77H126O6/c1-4-7-10-13-16-19-21-23-25-27-29-31-33-35-36-37-38-39-40-42-43-45-47-49-51-53-55-58-61-64-67-70-76(79)82-73-74(72-81-75(78)69-66-63-60-57-18-15-12-9-6-3)83-77(80)71-68-65-62-59-56-54-52-50-48-46-44-41-34-32-30-28-26-24-22-20-17-14-11-8-5-2/h7,10,16,19,22-25,28-31,34-36,38-39,41-43,47,49,53,55,74H,4-6,8-9,11-15,17-18,20-21,26-27,32-33,37,40,44-46,48,50-52,54,56-73H2,1-3H3/b10-7-,19-16-,24-22-,25-23-,30-28-,31-29-,36-35-,39-38-,41-34-,43-42-,49-47-,55-53-. The molecule has 0 amide bonds. The fourth-order valence-electron chi connectivity index (χ4n) is 9.21. The summed E-state index contributed by atoms with van der Waals surface area (Å²) in [4.78, 5) is 38.3. The lowest BCUT2D eigenvalue weighted by Crippen LogP contribution is -2.30. The lowest BCUT2D eigenvalue weighted by atomic mass is 10.0. The van der Waals surface area contributed by atoms with E-state index in [1.165, 1.54) is 128 Å². The number of hydrogen-bond acceptors (Lipinski definition) is 6. The molecular weight excluding hydrogens is 1020 g/mol. The Bertz CT molecular complexity index is 1800. The normalized spacial score (nSPS) is 13.0. The molecule has 0 aliphatic heterocycles. The van der Waals surface area contributed by atoms with Crippen molar-refractivity contribution < 1.29 is 28.6 Å². The molecule has 0 aromatic carbocycles. The number of carbonyl (C=O) groups is 3. The summed E-state index contributed by atoms with van der Waals surface area (Å²) < 4.78 is 16.9. The molecule has 470 valence electrons. The molecule has 0 saturated heterocycles. The first-order valence-corrected chi connectivity index (χ1v) is 34.3. The molecule has 0 saturated carbocycles. The summed E-state index contributed by atoms with van der Waals surface area (Å²) in [7, 11) is 0. The molecule has 0 rings (SSSR count). The molecule has 0 aromatic rings. The molecule has 0 bridgehead atoms. The van der Waals surface area contributed by atoms with Crippen molar-refractivity contribution in [2.45, 2.75) is 309 Å². The average molecular weight is 1150 g/mol. The number of unbranched alkanes of at least 4 members (excludes halogenated alkanes) is 26. The molecule has 0 aliphatic carbocycles. The molecule has 1 unspecified atom stereocenters. The highest BCUT2D eigenvalue weighted by molar-refractivity contribution is 5.71. The molecule has 6 nitrogen and oxygen atoms in total. The smallest absolute Gasteiger partial charge is 0.306 e. The van der Waals surface area contributed by atoms with Gasteiger partial charge in [-0.2, -0.15) is 0 Å². The number of ether oxygens (including phenoxy) is 3. The van der Waals surface area contributed by atoms with Crippen molar-refractivity contribution in [3.63, 3.8) is 0 Å². The lowest BCUT2D eigenvalue weighted by Gasteiger charge is -2.18. The molecule has 0 aliphatic rings. The Morgan fingerprint density at radius 3 is 0.747 bits per heavy atom. The van der Waals surface area contributed by atoms with Crippen molar-refractivity contribution in [2.75, 3.05) is 13.2 Å². The van der Waals surface area contributed by atoms with E-state index in [9.17, 15) is 14.4 Å². The molecule has 1 atom stereocenters. The van der Waals surface area contributed by atoms with Crippen LogP contribution in [-0.2, 0) is 28.6 Å². The largest absolute Gasteiger partial charge is 0.462 e. The van der Waals surface area contributed by atoms with E-state index in [0.29, 0.717) is 19.3 Å². The van der Waals surface area contributed by atoms with Crippen molar-refractivity contribution in [3.05, 3.63) is 146 Å². The summed E-state index contributed by atoms with van der Waals surface area (Å²) in [6, 6.07) is 0. The number of hydrogen-bond donors (Lipinski definition) is 0. The first-order valence-electron chi connectivity index (χ1n) is 34.3. The van der Waals surface area contributed by atoms with E-state index in [4.69, 9.17) is 14.2 Å². The van der Waals surface area contributed by atoms with Gasteiger partial charge in [0, 0.05) is 19.3 Å². The Balaban J connectivity index is 4.30. The van der Waals surface area contributed by atoms with Gasteiger partial charge in [0.1, 0.15) is 13.2 Å². The molecule has 0 radical (unpaired) electrons. The molecule has 0 spiro atoms. The second-order valence-corrected chi connectivity index (χ2v) is 22.4. The van der Waals surface area contributed by atoms with E-state index in [2.05, 4.69) is 167 Å². The first-order chi connectivity index (χ1) is 41.0. The number of rotatable bonds is 61. The highest BCUT2D eigenvalue weighted by atomic mass is 16.6. The van der Waals surface area contributed by atoms with Gasteiger partial charge >= 0.3 is 17.9 Å². The lowest BCUT2D eigenvalue weighted by molar-refractivity contribution is -0.167. The SMILES string of the molecule is CC/C=C\C/C=C\C/C=C\C/C=C\C/C=C\C/C=C\C/C=C\C/C=C\C/C=C\CCCCCC(=O)OCC(COC(=O)CCCCCCCCCCC)OC(=O)CCCCCCCCCCCC/C=C\C/C=C\C/C=C\CCCCCCC. The van der Waals surface area contributed by atoms with Crippen LogP contribution in [0.3, 0.4) is 0 Å². The summed E-state index contributed by atoms with van der Waals surface area (Å²) in [6.45, 7) is 6.47. The van der Waals surface area contributed by atoms with E-state index < -0.39 is 6.10 Å². The van der Waals surface area contributed by atoms with Crippen molar-refractivity contribution in [3.8, 4) is 0 Å². The predicted octanol–water partition coefficient (Wildman–Crippen LogP) is 23.9. The number of carbonyl (C=O) groups excluding carboxylic acids is 3. The van der Waals surface area contributed by atoms with Crippen LogP contribution in [-0.4, -0.2) is 37.2 Å². The molecule has 0 fully saturated rings. The van der Waals surface area contributed by atoms with Crippen LogP contribution in [0, 0.1) is 0 Å². The van der Waals surface area contributed by atoms with Crippen molar-refractivity contribution in [1.82, 2.24) is 0 Å². The molecule has 6 heteroatoms. The Morgan fingerprint density at radius 2 is 0.470 bits per heavy atom. The summed E-state index contributed by atoms with van der Waals surface area (Å²) in [5.74, 6) is -0.931. The van der Waals surface area contributed by atoms with Crippen LogP contribution >= 0.6 is 0 Å². The maximum absolute atomic E-state index is 12.9. The van der Waals surface area contributed by atoms with Crippen molar-refractivity contribution >= 4 is 17.9 Å². The average Bonchev–Trinajstić information content (AvgIpc) is 3.49. The van der Waals surface area contributed by atoms with Gasteiger partial charge in [0.25, 0.3) is 0 Å². The molecule has 0 aromatic heterocycles. The molecule has 0 N–H and O–H groups in total. The highest BCUT2D eigenvalue weighted by Gasteiger charge is 2.19. The van der Waals surface area contributed by atoms with Gasteiger partial charge in [0.2, 0.25) is 0 Å². The van der Waals surface area contributed by atoms with E-state index in [-0.39, 0.29) is 31.1 Å². The quantitative estimate of drug-likeness (QED) is 0.0261. The Morgan fingerprint density at radius 1 is 0.253 bits per heavy atom. The van der Waals surface area contributed by atoms with Crippen LogP contribution in [0.15, 0.2) is 146 Å². The monoisotopic (exact) mass is 1150 g/mol.